The topological polar surface area (TPSA) is 0 Å². The molecule has 0 N–H and O–H groups in total. The molecule has 2 aliphatic rings. The molecule has 0 atom stereocenters. The number of rotatable bonds is 1. The van der Waals surface area contributed by atoms with Gasteiger partial charge in [0.05, 0.1) is 0 Å². The summed E-state index contributed by atoms with van der Waals surface area (Å²) in [6.07, 6.45) is 14.7. The van der Waals surface area contributed by atoms with Gasteiger partial charge in [0.25, 0.3) is 0 Å². The predicted molar refractivity (Wildman–Crippen MR) is 62.1 cm³/mol. The van der Waals surface area contributed by atoms with E-state index in [0.717, 1.165) is 11.8 Å². The van der Waals surface area contributed by atoms with Crippen molar-refractivity contribution in [2.75, 3.05) is 0 Å². The van der Waals surface area contributed by atoms with E-state index in [-0.39, 0.29) is 0 Å². The van der Waals surface area contributed by atoms with Gasteiger partial charge in [0, 0.05) is 0 Å². The van der Waals surface area contributed by atoms with Gasteiger partial charge in [-0.1, -0.05) is 44.1 Å². The molecule has 2 aliphatic carbocycles. The second-order valence-corrected chi connectivity index (χ2v) is 4.72. The van der Waals surface area contributed by atoms with E-state index in [2.05, 4.69) is 38.2 Å². The highest BCUT2D eigenvalue weighted by Gasteiger charge is 2.21. The fraction of sp³-hybridized carbons (Fsp3) is 0.571. The van der Waals surface area contributed by atoms with Gasteiger partial charge in [-0.25, -0.2) is 0 Å². The zero-order valence-corrected chi connectivity index (χ0v) is 9.29. The first kappa shape index (κ1) is 9.76. The maximum absolute atomic E-state index is 2.38. The molecular weight excluding hydrogens is 168 g/mol. The lowest BCUT2D eigenvalue weighted by molar-refractivity contribution is 0.324. The summed E-state index contributed by atoms with van der Waals surface area (Å²) in [5, 5.41) is 0. The maximum atomic E-state index is 2.38. The number of hydrogen-bond donors (Lipinski definition) is 0. The Bertz CT molecular complexity index is 283. The summed E-state index contributed by atoms with van der Waals surface area (Å²) in [5.74, 6) is 1.80. The van der Waals surface area contributed by atoms with Crippen LogP contribution in [0.5, 0.6) is 0 Å². The summed E-state index contributed by atoms with van der Waals surface area (Å²) in [4.78, 5) is 0. The number of hydrogen-bond acceptors (Lipinski definition) is 0. The summed E-state index contributed by atoms with van der Waals surface area (Å²) < 4.78 is 0. The Morgan fingerprint density at radius 2 is 1.86 bits per heavy atom. The van der Waals surface area contributed by atoms with Crippen molar-refractivity contribution >= 4 is 0 Å². The van der Waals surface area contributed by atoms with Crippen molar-refractivity contribution in [2.45, 2.75) is 39.5 Å². The van der Waals surface area contributed by atoms with Crippen LogP contribution in [0, 0.1) is 11.8 Å². The predicted octanol–water partition coefficient (Wildman–Crippen LogP) is 4.26. The van der Waals surface area contributed by atoms with E-state index in [4.69, 9.17) is 0 Å². The zero-order valence-electron chi connectivity index (χ0n) is 9.29. The van der Waals surface area contributed by atoms with Crippen molar-refractivity contribution < 1.29 is 0 Å². The minimum Gasteiger partial charge on any atom is -0.0804 e. The molecule has 0 bridgehead atoms. The van der Waals surface area contributed by atoms with E-state index in [9.17, 15) is 0 Å². The Kier molecular flexibility index (Phi) is 2.90. The normalized spacial score (nSPS) is 35.0. The van der Waals surface area contributed by atoms with Crippen molar-refractivity contribution in [3.05, 3.63) is 35.5 Å². The molecule has 0 aliphatic heterocycles. The maximum Gasteiger partial charge on any atom is -0.0162 e. The van der Waals surface area contributed by atoms with Crippen LogP contribution < -0.4 is 0 Å². The fourth-order valence-electron chi connectivity index (χ4n) is 2.51. The standard InChI is InChI=1S/C14H20/c1-3-12-6-9-14(10-12)13-7-4-11(2)5-8-13/h3,6,9-11,13H,4-5,7-8H2,1-2H3/b12-3+. The molecule has 1 fully saturated rings. The molecule has 0 saturated heterocycles. The fourth-order valence-corrected chi connectivity index (χ4v) is 2.51. The summed E-state index contributed by atoms with van der Waals surface area (Å²) in [5.41, 5.74) is 2.96. The molecule has 0 amide bonds. The van der Waals surface area contributed by atoms with E-state index >= 15 is 0 Å². The first-order chi connectivity index (χ1) is 6.79. The van der Waals surface area contributed by atoms with Crippen LogP contribution in [0.2, 0.25) is 0 Å². The quantitative estimate of drug-likeness (QED) is 0.577. The van der Waals surface area contributed by atoms with Gasteiger partial charge in [-0.3, -0.25) is 0 Å². The van der Waals surface area contributed by atoms with Crippen LogP contribution in [0.15, 0.2) is 35.5 Å². The second kappa shape index (κ2) is 4.16. The summed E-state index contributed by atoms with van der Waals surface area (Å²) in [7, 11) is 0. The lowest BCUT2D eigenvalue weighted by Gasteiger charge is -2.26. The molecule has 0 radical (unpaired) electrons. The molecule has 0 aromatic heterocycles. The van der Waals surface area contributed by atoms with Gasteiger partial charge in [0.2, 0.25) is 0 Å². The zero-order chi connectivity index (χ0) is 9.97. The van der Waals surface area contributed by atoms with Gasteiger partial charge < -0.3 is 0 Å². The molecule has 0 spiro atoms. The van der Waals surface area contributed by atoms with Crippen LogP contribution in [0.25, 0.3) is 0 Å². The summed E-state index contributed by atoms with van der Waals surface area (Å²) in [6.45, 7) is 4.49. The van der Waals surface area contributed by atoms with Gasteiger partial charge in [-0.15, -0.1) is 0 Å². The Morgan fingerprint density at radius 3 is 2.43 bits per heavy atom. The lowest BCUT2D eigenvalue weighted by Crippen LogP contribution is -2.13. The van der Waals surface area contributed by atoms with Crippen molar-refractivity contribution in [3.8, 4) is 0 Å². The lowest BCUT2D eigenvalue weighted by atomic mass is 9.79. The van der Waals surface area contributed by atoms with Gasteiger partial charge in [0.1, 0.15) is 0 Å². The average Bonchev–Trinajstić information content (AvgIpc) is 2.67. The third-order valence-corrected chi connectivity index (χ3v) is 3.62. The van der Waals surface area contributed by atoms with Crippen LogP contribution in [0.4, 0.5) is 0 Å². The summed E-state index contributed by atoms with van der Waals surface area (Å²) >= 11 is 0. The minimum atomic E-state index is 0.847. The van der Waals surface area contributed by atoms with Crippen LogP contribution in [-0.2, 0) is 0 Å². The second-order valence-electron chi connectivity index (χ2n) is 4.72. The summed E-state index contributed by atoms with van der Waals surface area (Å²) in [6, 6.07) is 0. The monoisotopic (exact) mass is 188 g/mol. The Hall–Kier alpha value is -0.780. The molecule has 0 aromatic carbocycles. The van der Waals surface area contributed by atoms with E-state index in [0.29, 0.717) is 0 Å². The van der Waals surface area contributed by atoms with Crippen LogP contribution in [-0.4, -0.2) is 0 Å². The molecule has 1 saturated carbocycles. The van der Waals surface area contributed by atoms with Crippen LogP contribution in [0.3, 0.4) is 0 Å². The number of allylic oxidation sites excluding steroid dienone is 6. The minimum absolute atomic E-state index is 0.847. The third kappa shape index (κ3) is 2.00. The molecule has 0 heterocycles. The average molecular weight is 188 g/mol. The Balaban J connectivity index is 2.01. The van der Waals surface area contributed by atoms with Crippen LogP contribution in [0.1, 0.15) is 39.5 Å². The van der Waals surface area contributed by atoms with Crippen molar-refractivity contribution in [2.24, 2.45) is 11.8 Å². The van der Waals surface area contributed by atoms with E-state index in [1.54, 1.807) is 5.57 Å². The SMILES string of the molecule is C/C=C1\C=CC(C2CCC(C)CC2)=C1. The smallest absolute Gasteiger partial charge is 0.0162 e. The Morgan fingerprint density at radius 1 is 1.14 bits per heavy atom. The van der Waals surface area contributed by atoms with Gasteiger partial charge in [-0.05, 0) is 42.7 Å². The third-order valence-electron chi connectivity index (χ3n) is 3.62. The molecule has 0 aromatic rings. The molecular formula is C14H20. The first-order valence-corrected chi connectivity index (χ1v) is 5.85. The molecule has 0 nitrogen and oxygen atoms in total. The van der Waals surface area contributed by atoms with Gasteiger partial charge in [0.15, 0.2) is 0 Å². The molecule has 0 unspecified atom stereocenters. The Labute approximate surface area is 87.4 Å². The van der Waals surface area contributed by atoms with Crippen LogP contribution >= 0.6 is 0 Å². The largest absolute Gasteiger partial charge is 0.0804 e. The molecule has 2 rings (SSSR count). The van der Waals surface area contributed by atoms with Crippen molar-refractivity contribution in [1.82, 2.24) is 0 Å². The van der Waals surface area contributed by atoms with Gasteiger partial charge in [-0.2, -0.15) is 0 Å². The molecule has 0 heteroatoms. The first-order valence-electron chi connectivity index (χ1n) is 5.85. The van der Waals surface area contributed by atoms with E-state index in [1.807, 2.05) is 0 Å². The van der Waals surface area contributed by atoms with Crippen molar-refractivity contribution in [1.29, 1.82) is 0 Å². The highest BCUT2D eigenvalue weighted by Crippen LogP contribution is 2.35. The highest BCUT2D eigenvalue weighted by atomic mass is 14.3. The van der Waals surface area contributed by atoms with E-state index in [1.165, 1.54) is 31.3 Å². The molecule has 14 heavy (non-hydrogen) atoms. The van der Waals surface area contributed by atoms with E-state index < -0.39 is 0 Å². The highest BCUT2D eigenvalue weighted by molar-refractivity contribution is 5.46. The van der Waals surface area contributed by atoms with Crippen molar-refractivity contribution in [3.63, 3.8) is 0 Å². The van der Waals surface area contributed by atoms with Gasteiger partial charge >= 0.3 is 0 Å². The molecule has 76 valence electrons.